The first-order valence-corrected chi connectivity index (χ1v) is 8.96. The highest BCUT2D eigenvalue weighted by Crippen LogP contribution is 2.23. The minimum atomic E-state index is 0.0117. The van der Waals surface area contributed by atoms with Gasteiger partial charge in [-0.05, 0) is 56.0 Å². The van der Waals surface area contributed by atoms with E-state index in [0.29, 0.717) is 0 Å². The van der Waals surface area contributed by atoms with Crippen molar-refractivity contribution in [2.24, 2.45) is 0 Å². The molecule has 0 aliphatic carbocycles. The van der Waals surface area contributed by atoms with Gasteiger partial charge >= 0.3 is 6.03 Å². The molecule has 0 saturated carbocycles. The Morgan fingerprint density at radius 1 is 1.16 bits per heavy atom. The molecule has 1 unspecified atom stereocenters. The fraction of sp³-hybridized carbons (Fsp3) is 0.381. The van der Waals surface area contributed by atoms with Gasteiger partial charge in [0.25, 0.3) is 0 Å². The molecule has 0 spiro atoms. The van der Waals surface area contributed by atoms with Gasteiger partial charge in [0, 0.05) is 31.5 Å². The van der Waals surface area contributed by atoms with Gasteiger partial charge in [0.15, 0.2) is 0 Å². The summed E-state index contributed by atoms with van der Waals surface area (Å²) in [5.41, 5.74) is 4.42. The van der Waals surface area contributed by atoms with Crippen molar-refractivity contribution in [3.8, 4) is 0 Å². The highest BCUT2D eigenvalue weighted by Gasteiger charge is 2.30. The molecule has 4 heteroatoms. The molecular weight excluding hydrogens is 310 g/mol. The van der Waals surface area contributed by atoms with E-state index < -0.39 is 0 Å². The van der Waals surface area contributed by atoms with Gasteiger partial charge in [-0.2, -0.15) is 0 Å². The summed E-state index contributed by atoms with van der Waals surface area (Å²) in [4.78, 5) is 17.0. The summed E-state index contributed by atoms with van der Waals surface area (Å²) < 4.78 is 0. The third-order valence-corrected chi connectivity index (χ3v) is 5.17. The van der Waals surface area contributed by atoms with E-state index >= 15 is 0 Å². The summed E-state index contributed by atoms with van der Waals surface area (Å²) in [5, 5.41) is 3.10. The Bertz CT molecular complexity index is 729. The molecule has 1 saturated heterocycles. The van der Waals surface area contributed by atoms with Gasteiger partial charge in [-0.3, -0.25) is 0 Å². The Balaban J connectivity index is 1.66. The Morgan fingerprint density at radius 2 is 1.92 bits per heavy atom. The lowest BCUT2D eigenvalue weighted by molar-refractivity contribution is 0.207. The van der Waals surface area contributed by atoms with Gasteiger partial charge in [-0.25, -0.2) is 4.79 Å². The molecule has 1 fully saturated rings. The molecule has 4 nitrogen and oxygen atoms in total. The number of anilines is 2. The van der Waals surface area contributed by atoms with Crippen LogP contribution < -0.4 is 10.2 Å². The summed E-state index contributed by atoms with van der Waals surface area (Å²) >= 11 is 0. The van der Waals surface area contributed by atoms with Crippen LogP contribution in [-0.4, -0.2) is 37.1 Å². The van der Waals surface area contributed by atoms with Crippen molar-refractivity contribution in [3.05, 3.63) is 59.7 Å². The molecule has 0 radical (unpaired) electrons. The zero-order chi connectivity index (χ0) is 17.8. The Morgan fingerprint density at radius 3 is 2.68 bits per heavy atom. The molecule has 2 aromatic carbocycles. The average molecular weight is 337 g/mol. The maximum atomic E-state index is 12.8. The van der Waals surface area contributed by atoms with E-state index in [0.717, 1.165) is 37.2 Å². The quantitative estimate of drug-likeness (QED) is 0.895. The number of carbonyl (C=O) groups excluding carboxylic acids is 1. The number of likely N-dealkylation sites (tertiary alicyclic amines) is 1. The number of carbonyl (C=O) groups is 1. The largest absolute Gasteiger partial charge is 0.373 e. The number of aryl methyl sites for hydroxylation is 1. The molecule has 0 bridgehead atoms. The zero-order valence-corrected chi connectivity index (χ0v) is 15.3. The summed E-state index contributed by atoms with van der Waals surface area (Å²) in [7, 11) is 2.09. The molecule has 1 heterocycles. The number of hydrogen-bond acceptors (Lipinski definition) is 2. The number of likely N-dealkylation sites (N-methyl/N-ethyl adjacent to an activating group) is 1. The molecule has 1 atom stereocenters. The van der Waals surface area contributed by atoms with E-state index in [1.165, 1.54) is 11.3 Å². The van der Waals surface area contributed by atoms with Crippen LogP contribution in [0.3, 0.4) is 0 Å². The zero-order valence-electron chi connectivity index (χ0n) is 15.3. The van der Waals surface area contributed by atoms with E-state index in [2.05, 4.69) is 49.3 Å². The third-order valence-electron chi connectivity index (χ3n) is 5.17. The summed E-state index contributed by atoms with van der Waals surface area (Å²) in [6.45, 7) is 5.79. The van der Waals surface area contributed by atoms with E-state index in [9.17, 15) is 4.79 Å². The predicted octanol–water partition coefficient (Wildman–Crippen LogP) is 4.44. The standard InChI is InChI=1S/C21H27N3O/c1-16-9-7-13-20(17(16)2)22-21(25)24-14-8-12-19(24)15-23(3)18-10-5-4-6-11-18/h4-7,9-11,13,19H,8,12,14-15H2,1-3H3,(H,22,25). The van der Waals surface area contributed by atoms with Crippen LogP contribution in [0.5, 0.6) is 0 Å². The van der Waals surface area contributed by atoms with Crippen molar-refractivity contribution in [2.45, 2.75) is 32.7 Å². The number of nitrogens with one attached hydrogen (secondary N) is 1. The summed E-state index contributed by atoms with van der Waals surface area (Å²) in [6, 6.07) is 16.6. The van der Waals surface area contributed by atoms with E-state index in [4.69, 9.17) is 0 Å². The maximum absolute atomic E-state index is 12.8. The van der Waals surface area contributed by atoms with Gasteiger partial charge in [0.1, 0.15) is 0 Å². The third kappa shape index (κ3) is 3.95. The Kier molecular flexibility index (Phi) is 5.27. The van der Waals surface area contributed by atoms with Gasteiger partial charge < -0.3 is 15.1 Å². The van der Waals surface area contributed by atoms with Crippen molar-refractivity contribution >= 4 is 17.4 Å². The monoisotopic (exact) mass is 337 g/mol. The Hall–Kier alpha value is -2.49. The fourth-order valence-corrected chi connectivity index (χ4v) is 3.47. The van der Waals surface area contributed by atoms with Crippen molar-refractivity contribution in [3.63, 3.8) is 0 Å². The topological polar surface area (TPSA) is 35.6 Å². The van der Waals surface area contributed by atoms with E-state index in [1.807, 2.05) is 35.2 Å². The molecule has 25 heavy (non-hydrogen) atoms. The fourth-order valence-electron chi connectivity index (χ4n) is 3.47. The highest BCUT2D eigenvalue weighted by atomic mass is 16.2. The number of para-hydroxylation sites is 1. The lowest BCUT2D eigenvalue weighted by Gasteiger charge is -2.30. The normalized spacial score (nSPS) is 16.8. The molecular formula is C21H27N3O. The van der Waals surface area contributed by atoms with Gasteiger partial charge in [0.2, 0.25) is 0 Å². The number of hydrogen-bond donors (Lipinski definition) is 1. The number of amides is 2. The first-order valence-electron chi connectivity index (χ1n) is 8.96. The van der Waals surface area contributed by atoms with E-state index in [-0.39, 0.29) is 12.1 Å². The maximum Gasteiger partial charge on any atom is 0.322 e. The molecule has 1 aliphatic rings. The molecule has 1 aliphatic heterocycles. The van der Waals surface area contributed by atoms with Crippen LogP contribution in [0.4, 0.5) is 16.2 Å². The van der Waals surface area contributed by atoms with Crippen molar-refractivity contribution in [1.82, 2.24) is 4.90 Å². The van der Waals surface area contributed by atoms with Gasteiger partial charge in [-0.15, -0.1) is 0 Å². The second-order valence-corrected chi connectivity index (χ2v) is 6.88. The summed E-state index contributed by atoms with van der Waals surface area (Å²) in [6.07, 6.45) is 2.12. The number of rotatable bonds is 4. The molecule has 132 valence electrons. The minimum absolute atomic E-state index is 0.0117. The SMILES string of the molecule is Cc1cccc(NC(=O)N2CCCC2CN(C)c2ccccc2)c1C. The van der Waals surface area contributed by atoms with E-state index in [1.54, 1.807) is 0 Å². The Labute approximate surface area is 150 Å². The predicted molar refractivity (Wildman–Crippen MR) is 104 cm³/mol. The van der Waals surface area contributed by atoms with Gasteiger partial charge in [-0.1, -0.05) is 30.3 Å². The van der Waals surface area contributed by atoms with Crippen molar-refractivity contribution < 1.29 is 4.79 Å². The number of nitrogens with zero attached hydrogens (tertiary/aromatic N) is 2. The lowest BCUT2D eigenvalue weighted by Crippen LogP contribution is -2.44. The second-order valence-electron chi connectivity index (χ2n) is 6.88. The van der Waals surface area contributed by atoms with Gasteiger partial charge in [0.05, 0.1) is 6.04 Å². The number of benzene rings is 2. The molecule has 3 rings (SSSR count). The van der Waals surface area contributed by atoms with Crippen LogP contribution >= 0.6 is 0 Å². The van der Waals surface area contributed by atoms with Crippen LogP contribution in [0.2, 0.25) is 0 Å². The average Bonchev–Trinajstić information content (AvgIpc) is 3.08. The number of urea groups is 1. The lowest BCUT2D eigenvalue weighted by atomic mass is 10.1. The van der Waals surface area contributed by atoms with Crippen LogP contribution in [0.25, 0.3) is 0 Å². The second kappa shape index (κ2) is 7.60. The molecule has 0 aromatic heterocycles. The van der Waals surface area contributed by atoms with Crippen LogP contribution in [0.1, 0.15) is 24.0 Å². The van der Waals surface area contributed by atoms with Crippen LogP contribution in [0.15, 0.2) is 48.5 Å². The minimum Gasteiger partial charge on any atom is -0.373 e. The smallest absolute Gasteiger partial charge is 0.322 e. The highest BCUT2D eigenvalue weighted by molar-refractivity contribution is 5.90. The van der Waals surface area contributed by atoms with Crippen molar-refractivity contribution in [1.29, 1.82) is 0 Å². The first kappa shape index (κ1) is 17.3. The van der Waals surface area contributed by atoms with Crippen LogP contribution in [-0.2, 0) is 0 Å². The molecule has 2 aromatic rings. The van der Waals surface area contributed by atoms with Crippen LogP contribution in [0, 0.1) is 13.8 Å². The first-order chi connectivity index (χ1) is 12.1. The van der Waals surface area contributed by atoms with Crippen molar-refractivity contribution in [2.75, 3.05) is 30.4 Å². The molecule has 1 N–H and O–H groups in total. The molecule has 2 amide bonds. The summed E-state index contributed by atoms with van der Waals surface area (Å²) in [5.74, 6) is 0.